The summed E-state index contributed by atoms with van der Waals surface area (Å²) in [6.07, 6.45) is 1.11. The van der Waals surface area contributed by atoms with Crippen molar-refractivity contribution in [2.45, 2.75) is 6.54 Å². The minimum absolute atomic E-state index is 0.118. The normalized spacial score (nSPS) is 16.1. The van der Waals surface area contributed by atoms with Crippen LogP contribution in [0, 0.1) is 5.82 Å². The molecule has 1 saturated heterocycles. The largest absolute Gasteiger partial charge is 0.481 e. The van der Waals surface area contributed by atoms with Crippen molar-refractivity contribution in [1.82, 2.24) is 25.2 Å². The molecule has 1 N–H and O–H groups in total. The lowest BCUT2D eigenvalue weighted by atomic mass is 10.2. The molecule has 1 amide bonds. The number of methoxy groups -OCH3 is 1. The number of hydrogen-bond donors (Lipinski definition) is 1. The first-order chi connectivity index (χ1) is 17.0. The molecule has 0 aromatic carbocycles. The monoisotopic (exact) mass is 482 g/mol. The summed E-state index contributed by atoms with van der Waals surface area (Å²) in [4.78, 5) is 40.4. The summed E-state index contributed by atoms with van der Waals surface area (Å²) >= 11 is 0. The maximum atomic E-state index is 14.7. The molecule has 0 radical (unpaired) electrons. The molecule has 35 heavy (non-hydrogen) atoms. The number of ether oxygens (including phenoxy) is 3. The van der Waals surface area contributed by atoms with Crippen LogP contribution >= 0.6 is 0 Å². The molecule has 5 rings (SSSR count). The van der Waals surface area contributed by atoms with Crippen molar-refractivity contribution in [1.29, 1.82) is 0 Å². The maximum Gasteiger partial charge on any atom is 0.351 e. The average molecular weight is 482 g/mol. The molecule has 2 aliphatic heterocycles. The number of rotatable bonds is 7. The van der Waals surface area contributed by atoms with Gasteiger partial charge in [-0.3, -0.25) is 14.7 Å². The summed E-state index contributed by atoms with van der Waals surface area (Å²) in [5.74, 6) is -0.362. The van der Waals surface area contributed by atoms with Crippen LogP contribution in [0.3, 0.4) is 0 Å². The van der Waals surface area contributed by atoms with Crippen LogP contribution < -0.4 is 24.4 Å². The van der Waals surface area contributed by atoms with E-state index in [1.54, 1.807) is 24.3 Å². The number of fused-ring (bicyclic) bond motifs is 2. The van der Waals surface area contributed by atoms with E-state index in [-0.39, 0.29) is 30.6 Å². The summed E-state index contributed by atoms with van der Waals surface area (Å²) in [5, 5.41) is 3.27. The molecule has 11 nitrogen and oxygen atoms in total. The molecule has 0 bridgehead atoms. The second-order valence-electron chi connectivity index (χ2n) is 8.04. The van der Waals surface area contributed by atoms with Gasteiger partial charge in [0.15, 0.2) is 18.2 Å². The van der Waals surface area contributed by atoms with Crippen LogP contribution in [-0.4, -0.2) is 78.2 Å². The Bertz CT molecular complexity index is 1290. The summed E-state index contributed by atoms with van der Waals surface area (Å²) < 4.78 is 30.2. The van der Waals surface area contributed by atoms with E-state index in [1.165, 1.54) is 12.0 Å². The second-order valence-corrected chi connectivity index (χ2v) is 8.04. The summed E-state index contributed by atoms with van der Waals surface area (Å²) in [6, 6.07) is 6.84. The van der Waals surface area contributed by atoms with Crippen molar-refractivity contribution in [2.24, 2.45) is 0 Å². The number of piperazine rings is 1. The van der Waals surface area contributed by atoms with Gasteiger partial charge in [0.05, 0.1) is 31.1 Å². The molecule has 0 aliphatic carbocycles. The second kappa shape index (κ2) is 9.76. The van der Waals surface area contributed by atoms with E-state index in [4.69, 9.17) is 14.2 Å². The smallest absolute Gasteiger partial charge is 0.351 e. The summed E-state index contributed by atoms with van der Waals surface area (Å²) in [6.45, 7) is 2.62. The van der Waals surface area contributed by atoms with Gasteiger partial charge in [-0.15, -0.1) is 0 Å². The topological polar surface area (TPSA) is 119 Å². The van der Waals surface area contributed by atoms with E-state index in [0.29, 0.717) is 61.1 Å². The molecular weight excluding hydrogens is 459 g/mol. The standard InChI is InChI=1S/C23H23FN6O5/c1-33-18-5-3-16-21(28-18)22(15(24)11-26-16)30-9-8-29(12-19(30)31)7-6-25-10-14-2-4-17-23(27-14)35-20(32)13-34-17/h2-5,11,25H,6-10,12-13H2,1H3. The predicted molar refractivity (Wildman–Crippen MR) is 122 cm³/mol. The van der Waals surface area contributed by atoms with Gasteiger partial charge in [0.1, 0.15) is 11.2 Å². The predicted octanol–water partition coefficient (Wildman–Crippen LogP) is 0.909. The number of aromatic nitrogens is 3. The van der Waals surface area contributed by atoms with Gasteiger partial charge in [-0.25, -0.2) is 19.2 Å². The molecule has 5 heterocycles. The van der Waals surface area contributed by atoms with Gasteiger partial charge >= 0.3 is 5.97 Å². The third-order valence-electron chi connectivity index (χ3n) is 5.74. The molecule has 12 heteroatoms. The number of hydrogen-bond acceptors (Lipinski definition) is 10. The number of nitrogens with zero attached hydrogens (tertiary/aromatic N) is 5. The Balaban J connectivity index is 1.17. The number of carbonyl (C=O) groups excluding carboxylic acids is 2. The molecule has 0 saturated carbocycles. The summed E-state index contributed by atoms with van der Waals surface area (Å²) in [7, 11) is 1.48. The molecular formula is C23H23FN6O5. The van der Waals surface area contributed by atoms with Crippen LogP contribution in [0.4, 0.5) is 10.1 Å². The van der Waals surface area contributed by atoms with Crippen molar-refractivity contribution in [3.05, 3.63) is 42.0 Å². The molecule has 0 unspecified atom stereocenters. The van der Waals surface area contributed by atoms with Crippen molar-refractivity contribution < 1.29 is 28.2 Å². The molecule has 3 aromatic rings. The van der Waals surface area contributed by atoms with E-state index in [0.717, 1.165) is 6.20 Å². The van der Waals surface area contributed by atoms with Gasteiger partial charge in [-0.1, -0.05) is 0 Å². The quantitative estimate of drug-likeness (QED) is 0.384. The zero-order chi connectivity index (χ0) is 24.4. The number of halogens is 1. The van der Waals surface area contributed by atoms with Gasteiger partial charge in [-0.2, -0.15) is 0 Å². The van der Waals surface area contributed by atoms with Gasteiger partial charge in [0.25, 0.3) is 5.88 Å². The Labute approximate surface area is 199 Å². The summed E-state index contributed by atoms with van der Waals surface area (Å²) in [5.41, 5.74) is 1.60. The molecule has 182 valence electrons. The van der Waals surface area contributed by atoms with Crippen LogP contribution in [0.15, 0.2) is 30.5 Å². The van der Waals surface area contributed by atoms with E-state index in [9.17, 15) is 14.0 Å². The molecule has 3 aromatic heterocycles. The van der Waals surface area contributed by atoms with E-state index >= 15 is 0 Å². The van der Waals surface area contributed by atoms with Crippen LogP contribution in [0.5, 0.6) is 17.5 Å². The fourth-order valence-electron chi connectivity index (χ4n) is 4.01. The van der Waals surface area contributed by atoms with Crippen molar-refractivity contribution in [3.8, 4) is 17.5 Å². The highest BCUT2D eigenvalue weighted by Gasteiger charge is 2.29. The molecule has 1 fully saturated rings. The Morgan fingerprint density at radius 3 is 2.89 bits per heavy atom. The number of pyridine rings is 3. The first-order valence-electron chi connectivity index (χ1n) is 11.1. The third-order valence-corrected chi connectivity index (χ3v) is 5.74. The van der Waals surface area contributed by atoms with Gasteiger partial charge in [0, 0.05) is 38.8 Å². The third kappa shape index (κ3) is 4.84. The first-order valence-corrected chi connectivity index (χ1v) is 11.1. The lowest BCUT2D eigenvalue weighted by Gasteiger charge is -2.34. The highest BCUT2D eigenvalue weighted by molar-refractivity contribution is 6.02. The number of carbonyl (C=O) groups is 2. The Kier molecular flexibility index (Phi) is 6.38. The SMILES string of the molecule is COc1ccc2ncc(F)c(N3CCN(CCNCc4ccc5c(n4)OC(=O)CO5)CC3=O)c2n1. The van der Waals surface area contributed by atoms with Gasteiger partial charge in [0.2, 0.25) is 11.8 Å². The zero-order valence-electron chi connectivity index (χ0n) is 19.0. The van der Waals surface area contributed by atoms with E-state index in [1.807, 2.05) is 4.90 Å². The lowest BCUT2D eigenvalue weighted by Crippen LogP contribution is -2.52. The number of amides is 1. The minimum atomic E-state index is -0.602. The Morgan fingerprint density at radius 2 is 2.06 bits per heavy atom. The number of nitrogens with one attached hydrogen (secondary N) is 1. The fourth-order valence-corrected chi connectivity index (χ4v) is 4.01. The van der Waals surface area contributed by atoms with Crippen LogP contribution in [0.2, 0.25) is 0 Å². The lowest BCUT2D eigenvalue weighted by molar-refractivity contribution is -0.139. The van der Waals surface area contributed by atoms with Gasteiger partial charge < -0.3 is 24.4 Å². The molecule has 0 atom stereocenters. The first kappa shape index (κ1) is 22.9. The zero-order valence-corrected chi connectivity index (χ0v) is 19.0. The fraction of sp³-hybridized carbons (Fsp3) is 0.348. The van der Waals surface area contributed by atoms with E-state index < -0.39 is 11.8 Å². The van der Waals surface area contributed by atoms with Crippen LogP contribution in [0.1, 0.15) is 5.69 Å². The maximum absolute atomic E-state index is 14.7. The Hall–Kier alpha value is -3.90. The highest BCUT2D eigenvalue weighted by atomic mass is 19.1. The van der Waals surface area contributed by atoms with Crippen molar-refractivity contribution >= 4 is 28.6 Å². The Morgan fingerprint density at radius 1 is 1.17 bits per heavy atom. The van der Waals surface area contributed by atoms with E-state index in [2.05, 4.69) is 20.3 Å². The average Bonchev–Trinajstić information content (AvgIpc) is 2.86. The minimum Gasteiger partial charge on any atom is -0.481 e. The highest BCUT2D eigenvalue weighted by Crippen LogP contribution is 2.30. The van der Waals surface area contributed by atoms with Crippen LogP contribution in [0.25, 0.3) is 11.0 Å². The molecule has 2 aliphatic rings. The number of esters is 1. The van der Waals surface area contributed by atoms with Crippen molar-refractivity contribution in [2.75, 3.05) is 51.3 Å². The van der Waals surface area contributed by atoms with Crippen molar-refractivity contribution in [3.63, 3.8) is 0 Å². The molecule has 0 spiro atoms. The van der Waals surface area contributed by atoms with Gasteiger partial charge in [-0.05, 0) is 18.2 Å². The van der Waals surface area contributed by atoms with Crippen LogP contribution in [-0.2, 0) is 16.1 Å². The number of anilines is 1.